The van der Waals surface area contributed by atoms with Gasteiger partial charge in [0.1, 0.15) is 0 Å². The van der Waals surface area contributed by atoms with Crippen molar-refractivity contribution in [1.82, 2.24) is 14.3 Å². The summed E-state index contributed by atoms with van der Waals surface area (Å²) in [5.74, 6) is -0.928. The van der Waals surface area contributed by atoms with E-state index in [1.54, 1.807) is 28.6 Å². The van der Waals surface area contributed by atoms with Gasteiger partial charge in [-0.3, -0.25) is 4.68 Å². The van der Waals surface area contributed by atoms with Crippen molar-refractivity contribution in [3.05, 3.63) is 70.6 Å². The van der Waals surface area contributed by atoms with E-state index in [4.69, 9.17) is 11.6 Å². The number of nitrogens with zero attached hydrogens (tertiary/aromatic N) is 3. The molecule has 0 unspecified atom stereocenters. The van der Waals surface area contributed by atoms with Crippen LogP contribution in [0.15, 0.2) is 58.6 Å². The Bertz CT molecular complexity index is 1230. The molecule has 0 fully saturated rings. The molecule has 5 nitrogen and oxygen atoms in total. The van der Waals surface area contributed by atoms with Gasteiger partial charge in [-0.25, -0.2) is 4.79 Å². The summed E-state index contributed by atoms with van der Waals surface area (Å²) < 4.78 is 3.89. The second-order valence-electron chi connectivity index (χ2n) is 6.67. The lowest BCUT2D eigenvalue weighted by molar-refractivity contribution is 0.0696. The largest absolute Gasteiger partial charge is 0.478 e. The molecule has 2 heterocycles. The highest BCUT2D eigenvalue weighted by molar-refractivity contribution is 7.99. The summed E-state index contributed by atoms with van der Waals surface area (Å²) in [4.78, 5) is 13.4. The van der Waals surface area contributed by atoms with Gasteiger partial charge in [0.05, 0.1) is 23.0 Å². The molecule has 1 N–H and O–H groups in total. The van der Waals surface area contributed by atoms with Gasteiger partial charge in [-0.05, 0) is 43.7 Å². The summed E-state index contributed by atoms with van der Waals surface area (Å²) in [5, 5.41) is 15.4. The van der Waals surface area contributed by atoms with Crippen molar-refractivity contribution in [3.8, 4) is 5.69 Å². The highest BCUT2D eigenvalue weighted by atomic mass is 35.5. The minimum atomic E-state index is -0.928. The first-order chi connectivity index (χ1) is 13.3. The second kappa shape index (κ2) is 7.04. The molecule has 4 aromatic rings. The Hall–Kier alpha value is -2.70. The normalized spacial score (nSPS) is 11.3. The van der Waals surface area contributed by atoms with Crippen molar-refractivity contribution in [3.63, 3.8) is 0 Å². The van der Waals surface area contributed by atoms with Crippen LogP contribution in [0.25, 0.3) is 16.6 Å². The molecule has 0 saturated carbocycles. The molecule has 142 valence electrons. The molecule has 28 heavy (non-hydrogen) atoms. The van der Waals surface area contributed by atoms with Gasteiger partial charge in [0.25, 0.3) is 0 Å². The van der Waals surface area contributed by atoms with Crippen molar-refractivity contribution in [2.45, 2.75) is 23.6 Å². The summed E-state index contributed by atoms with van der Waals surface area (Å²) in [5.41, 5.74) is 4.31. The van der Waals surface area contributed by atoms with E-state index in [-0.39, 0.29) is 5.56 Å². The van der Waals surface area contributed by atoms with Crippen LogP contribution in [0.4, 0.5) is 0 Å². The van der Waals surface area contributed by atoms with E-state index >= 15 is 0 Å². The quantitative estimate of drug-likeness (QED) is 0.482. The number of carbonyl (C=O) groups is 1. The molecule has 0 bridgehead atoms. The van der Waals surface area contributed by atoms with Gasteiger partial charge in [0.15, 0.2) is 0 Å². The third-order valence-corrected chi connectivity index (χ3v) is 6.32. The highest BCUT2D eigenvalue weighted by Gasteiger charge is 2.19. The zero-order valence-electron chi connectivity index (χ0n) is 15.6. The number of carboxylic acid groups (broad SMARTS) is 1. The lowest BCUT2D eigenvalue weighted by Crippen LogP contribution is -1.97. The maximum absolute atomic E-state index is 11.4. The van der Waals surface area contributed by atoms with E-state index in [9.17, 15) is 9.90 Å². The third kappa shape index (κ3) is 3.19. The number of hydrogen-bond acceptors (Lipinski definition) is 3. The van der Waals surface area contributed by atoms with E-state index in [0.29, 0.717) is 5.02 Å². The van der Waals surface area contributed by atoms with Crippen molar-refractivity contribution in [2.24, 2.45) is 7.05 Å². The molecular weight excluding hydrogens is 394 g/mol. The standard InChI is InChI=1S/C21H18ClN3O2S/c1-12-4-5-14(21(26)27)8-19(12)28-20-13(2)25(16-10-23-24(3)11-16)18-9-15(22)6-7-17(18)20/h4-11H,1-3H3,(H,26,27). The Morgan fingerprint density at radius 2 is 1.96 bits per heavy atom. The van der Waals surface area contributed by atoms with Crippen molar-refractivity contribution >= 4 is 40.2 Å². The van der Waals surface area contributed by atoms with Crippen LogP contribution in [0.5, 0.6) is 0 Å². The molecule has 0 aliphatic rings. The van der Waals surface area contributed by atoms with Crippen LogP contribution in [-0.2, 0) is 7.05 Å². The molecule has 0 aliphatic heterocycles. The lowest BCUT2D eigenvalue weighted by atomic mass is 10.1. The summed E-state index contributed by atoms with van der Waals surface area (Å²) in [7, 11) is 1.88. The Balaban J connectivity index is 1.92. The number of rotatable bonds is 4. The topological polar surface area (TPSA) is 60.0 Å². The van der Waals surface area contributed by atoms with E-state index in [1.165, 1.54) is 0 Å². The van der Waals surface area contributed by atoms with Crippen LogP contribution in [0.2, 0.25) is 5.02 Å². The Kier molecular flexibility index (Phi) is 4.69. The number of aryl methyl sites for hydroxylation is 2. The predicted octanol–water partition coefficient (Wildman–Crippen LogP) is 5.48. The molecular formula is C21H18ClN3O2S. The first-order valence-corrected chi connectivity index (χ1v) is 9.86. The monoisotopic (exact) mass is 411 g/mol. The molecule has 0 atom stereocenters. The fraction of sp³-hybridized carbons (Fsp3) is 0.143. The summed E-state index contributed by atoms with van der Waals surface area (Å²) in [6, 6.07) is 11.0. The number of hydrogen-bond donors (Lipinski definition) is 1. The van der Waals surface area contributed by atoms with Crippen molar-refractivity contribution in [2.75, 3.05) is 0 Å². The maximum atomic E-state index is 11.4. The van der Waals surface area contributed by atoms with Gasteiger partial charge in [-0.15, -0.1) is 0 Å². The Morgan fingerprint density at radius 3 is 2.64 bits per heavy atom. The molecule has 0 aliphatic carbocycles. The molecule has 2 aromatic heterocycles. The average molecular weight is 412 g/mol. The summed E-state index contributed by atoms with van der Waals surface area (Å²) in [6.45, 7) is 4.04. The molecule has 7 heteroatoms. The van der Waals surface area contributed by atoms with Gasteiger partial charge >= 0.3 is 5.97 Å². The summed E-state index contributed by atoms with van der Waals surface area (Å²) in [6.07, 6.45) is 3.77. The van der Waals surface area contributed by atoms with E-state index in [1.807, 2.05) is 50.6 Å². The van der Waals surface area contributed by atoms with Crippen LogP contribution in [0, 0.1) is 13.8 Å². The van der Waals surface area contributed by atoms with E-state index < -0.39 is 5.97 Å². The first kappa shape index (κ1) is 18.7. The van der Waals surface area contributed by atoms with Gasteiger partial charge in [-0.1, -0.05) is 35.5 Å². The van der Waals surface area contributed by atoms with E-state index in [0.717, 1.165) is 37.6 Å². The number of halogens is 1. The zero-order valence-corrected chi connectivity index (χ0v) is 17.2. The van der Waals surface area contributed by atoms with Gasteiger partial charge < -0.3 is 9.67 Å². The van der Waals surface area contributed by atoms with Crippen molar-refractivity contribution < 1.29 is 9.90 Å². The number of benzene rings is 2. The Morgan fingerprint density at radius 1 is 1.18 bits per heavy atom. The molecule has 0 spiro atoms. The number of carboxylic acids is 1. The number of aromatic carboxylic acids is 1. The summed E-state index contributed by atoms with van der Waals surface area (Å²) >= 11 is 7.86. The predicted molar refractivity (Wildman–Crippen MR) is 112 cm³/mol. The molecule has 0 amide bonds. The molecule has 2 aromatic carbocycles. The van der Waals surface area contributed by atoms with Gasteiger partial charge in [0, 0.05) is 39.1 Å². The smallest absolute Gasteiger partial charge is 0.335 e. The van der Waals surface area contributed by atoms with Gasteiger partial charge in [-0.2, -0.15) is 5.10 Å². The van der Waals surface area contributed by atoms with Crippen molar-refractivity contribution in [1.29, 1.82) is 0 Å². The fourth-order valence-electron chi connectivity index (χ4n) is 3.30. The Labute approximate surface area is 171 Å². The average Bonchev–Trinajstić information content (AvgIpc) is 3.17. The fourth-order valence-corrected chi connectivity index (χ4v) is 4.62. The zero-order chi connectivity index (χ0) is 20.0. The van der Waals surface area contributed by atoms with Crippen LogP contribution in [-0.4, -0.2) is 25.4 Å². The number of aromatic nitrogens is 3. The number of fused-ring (bicyclic) bond motifs is 1. The van der Waals surface area contributed by atoms with Crippen LogP contribution >= 0.6 is 23.4 Å². The van der Waals surface area contributed by atoms with Gasteiger partial charge in [0.2, 0.25) is 0 Å². The molecule has 0 radical (unpaired) electrons. The van der Waals surface area contributed by atoms with Crippen LogP contribution in [0.3, 0.4) is 0 Å². The third-order valence-electron chi connectivity index (χ3n) is 4.71. The molecule has 4 rings (SSSR count). The lowest BCUT2D eigenvalue weighted by Gasteiger charge is -2.08. The molecule has 0 saturated heterocycles. The SMILES string of the molecule is Cc1ccc(C(=O)O)cc1Sc1c(C)n(-c2cnn(C)c2)c2cc(Cl)ccc12. The van der Waals surface area contributed by atoms with Crippen LogP contribution < -0.4 is 0 Å². The maximum Gasteiger partial charge on any atom is 0.335 e. The first-order valence-electron chi connectivity index (χ1n) is 8.66. The minimum Gasteiger partial charge on any atom is -0.478 e. The minimum absolute atomic E-state index is 0.282. The van der Waals surface area contributed by atoms with E-state index in [2.05, 4.69) is 16.6 Å². The van der Waals surface area contributed by atoms with Crippen LogP contribution in [0.1, 0.15) is 21.6 Å². The highest BCUT2D eigenvalue weighted by Crippen LogP contribution is 2.41. The second-order valence-corrected chi connectivity index (χ2v) is 8.16.